The summed E-state index contributed by atoms with van der Waals surface area (Å²) in [7, 11) is 0. The molecule has 0 saturated heterocycles. The molecule has 3 aromatic carbocycles. The predicted molar refractivity (Wildman–Crippen MR) is 134 cm³/mol. The van der Waals surface area contributed by atoms with Gasteiger partial charge < -0.3 is 15.0 Å². The van der Waals surface area contributed by atoms with Gasteiger partial charge >= 0.3 is 0 Å². The highest BCUT2D eigenvalue weighted by molar-refractivity contribution is 9.10. The van der Waals surface area contributed by atoms with E-state index < -0.39 is 17.8 Å². The Bertz CT molecular complexity index is 1090. The molecule has 0 saturated carbocycles. The Morgan fingerprint density at radius 1 is 0.971 bits per heavy atom. The molecule has 0 aromatic heterocycles. The molecule has 3 aromatic rings. The molecule has 0 spiro atoms. The Kier molecular flexibility index (Phi) is 9.22. The lowest BCUT2D eigenvalue weighted by Crippen LogP contribution is -2.53. The molecule has 0 radical (unpaired) electrons. The van der Waals surface area contributed by atoms with Crippen LogP contribution in [0.3, 0.4) is 0 Å². The maximum absolute atomic E-state index is 14.5. The number of rotatable bonds is 10. The number of halogens is 2. The van der Waals surface area contributed by atoms with Gasteiger partial charge in [-0.1, -0.05) is 64.5 Å². The molecular formula is C27H28BrFN2O3. The van der Waals surface area contributed by atoms with Gasteiger partial charge in [0.05, 0.1) is 0 Å². The Morgan fingerprint density at radius 2 is 1.62 bits per heavy atom. The monoisotopic (exact) mass is 526 g/mol. The lowest BCUT2D eigenvalue weighted by atomic mass is 10.0. The van der Waals surface area contributed by atoms with Crippen LogP contribution in [-0.2, 0) is 22.6 Å². The Labute approximate surface area is 208 Å². The van der Waals surface area contributed by atoms with Crippen molar-refractivity contribution in [1.29, 1.82) is 0 Å². The zero-order valence-electron chi connectivity index (χ0n) is 19.2. The molecule has 178 valence electrons. The zero-order valence-corrected chi connectivity index (χ0v) is 20.8. The first-order valence-corrected chi connectivity index (χ1v) is 11.9. The minimum atomic E-state index is -0.842. The lowest BCUT2D eigenvalue weighted by molar-refractivity contribution is -0.143. The van der Waals surface area contributed by atoms with Crippen LogP contribution >= 0.6 is 15.9 Å². The molecule has 0 aliphatic carbocycles. The van der Waals surface area contributed by atoms with Crippen molar-refractivity contribution in [2.75, 3.05) is 6.61 Å². The third-order valence-electron chi connectivity index (χ3n) is 5.18. The maximum atomic E-state index is 14.5. The van der Waals surface area contributed by atoms with Gasteiger partial charge in [-0.05, 0) is 49.7 Å². The zero-order chi connectivity index (χ0) is 24.5. The molecule has 3 rings (SSSR count). The Morgan fingerprint density at radius 3 is 2.26 bits per heavy atom. The van der Waals surface area contributed by atoms with Crippen molar-refractivity contribution in [2.24, 2.45) is 0 Å². The second kappa shape index (κ2) is 12.3. The first-order valence-electron chi connectivity index (χ1n) is 11.1. The van der Waals surface area contributed by atoms with Crippen molar-refractivity contribution >= 4 is 27.7 Å². The topological polar surface area (TPSA) is 58.6 Å². The molecule has 0 fully saturated rings. The number of hydrogen-bond acceptors (Lipinski definition) is 3. The van der Waals surface area contributed by atoms with Gasteiger partial charge in [0.25, 0.3) is 5.91 Å². The fourth-order valence-electron chi connectivity index (χ4n) is 3.50. The Hall–Kier alpha value is -3.19. The van der Waals surface area contributed by atoms with Gasteiger partial charge in [0, 0.05) is 29.0 Å². The lowest BCUT2D eigenvalue weighted by Gasteiger charge is -2.32. The van der Waals surface area contributed by atoms with Crippen LogP contribution < -0.4 is 10.1 Å². The molecule has 34 heavy (non-hydrogen) atoms. The molecule has 5 nitrogen and oxygen atoms in total. The van der Waals surface area contributed by atoms with Crippen molar-refractivity contribution in [3.8, 4) is 5.75 Å². The van der Waals surface area contributed by atoms with E-state index in [0.717, 1.165) is 10.0 Å². The summed E-state index contributed by atoms with van der Waals surface area (Å²) >= 11 is 3.37. The molecule has 1 unspecified atom stereocenters. The number of hydrogen-bond donors (Lipinski definition) is 1. The van der Waals surface area contributed by atoms with Crippen molar-refractivity contribution in [1.82, 2.24) is 10.2 Å². The summed E-state index contributed by atoms with van der Waals surface area (Å²) in [5.74, 6) is -0.622. The van der Waals surface area contributed by atoms with Crippen LogP contribution in [0.4, 0.5) is 4.39 Å². The van der Waals surface area contributed by atoms with Gasteiger partial charge in [-0.3, -0.25) is 9.59 Å². The minimum Gasteiger partial charge on any atom is -0.484 e. The highest BCUT2D eigenvalue weighted by Gasteiger charge is 2.31. The summed E-state index contributed by atoms with van der Waals surface area (Å²) in [6.45, 7) is 3.38. The average molecular weight is 527 g/mol. The van der Waals surface area contributed by atoms with E-state index in [-0.39, 0.29) is 31.5 Å². The fourth-order valence-corrected chi connectivity index (χ4v) is 3.77. The third kappa shape index (κ3) is 7.42. The Balaban J connectivity index is 1.91. The van der Waals surface area contributed by atoms with E-state index in [4.69, 9.17) is 4.74 Å². The summed E-state index contributed by atoms with van der Waals surface area (Å²) in [4.78, 5) is 28.1. The predicted octanol–water partition coefficient (Wildman–Crippen LogP) is 5.13. The van der Waals surface area contributed by atoms with E-state index in [2.05, 4.69) is 21.2 Å². The van der Waals surface area contributed by atoms with Crippen molar-refractivity contribution in [3.05, 3.63) is 100 Å². The van der Waals surface area contributed by atoms with E-state index in [1.54, 1.807) is 30.3 Å². The van der Waals surface area contributed by atoms with Crippen LogP contribution in [0.2, 0.25) is 0 Å². The summed E-state index contributed by atoms with van der Waals surface area (Å²) in [6, 6.07) is 21.9. The molecule has 0 aliphatic rings. The summed E-state index contributed by atoms with van der Waals surface area (Å²) in [5.41, 5.74) is 1.22. The van der Waals surface area contributed by atoms with E-state index in [1.807, 2.05) is 56.3 Å². The first-order chi connectivity index (χ1) is 16.3. The van der Waals surface area contributed by atoms with Crippen LogP contribution in [-0.4, -0.2) is 35.4 Å². The highest BCUT2D eigenvalue weighted by Crippen LogP contribution is 2.19. The van der Waals surface area contributed by atoms with Crippen LogP contribution in [0.15, 0.2) is 83.3 Å². The second-order valence-electron chi connectivity index (χ2n) is 8.22. The number of nitrogens with one attached hydrogen (secondary N) is 1. The quantitative estimate of drug-likeness (QED) is 0.398. The summed E-state index contributed by atoms with van der Waals surface area (Å²) in [6.07, 6.45) is 0.290. The first kappa shape index (κ1) is 25.4. The van der Waals surface area contributed by atoms with Gasteiger partial charge in [-0.25, -0.2) is 4.39 Å². The normalized spacial score (nSPS) is 11.7. The third-order valence-corrected chi connectivity index (χ3v) is 5.71. The van der Waals surface area contributed by atoms with Crippen molar-refractivity contribution in [2.45, 2.75) is 38.9 Å². The highest BCUT2D eigenvalue weighted by atomic mass is 79.9. The smallest absolute Gasteiger partial charge is 0.261 e. The largest absolute Gasteiger partial charge is 0.484 e. The van der Waals surface area contributed by atoms with Gasteiger partial charge in [0.15, 0.2) is 6.61 Å². The van der Waals surface area contributed by atoms with Gasteiger partial charge in [-0.2, -0.15) is 0 Å². The molecule has 0 bridgehead atoms. The van der Waals surface area contributed by atoms with Gasteiger partial charge in [-0.15, -0.1) is 0 Å². The number of carbonyl (C=O) groups is 2. The molecule has 0 heterocycles. The average Bonchev–Trinajstić information content (AvgIpc) is 2.82. The standard InChI is InChI=1S/C27H28BrFN2O3/c1-19(2)30-27(33)25(16-20-8-4-3-5-9-20)31(17-21-10-6-7-11-24(21)29)26(32)18-34-23-14-12-22(28)13-15-23/h3-15,19,25H,16-18H2,1-2H3,(H,30,33). The summed E-state index contributed by atoms with van der Waals surface area (Å²) in [5, 5.41) is 2.91. The van der Waals surface area contributed by atoms with E-state index >= 15 is 0 Å². The van der Waals surface area contributed by atoms with E-state index in [0.29, 0.717) is 11.3 Å². The fraction of sp³-hybridized carbons (Fsp3) is 0.259. The van der Waals surface area contributed by atoms with Crippen molar-refractivity contribution in [3.63, 3.8) is 0 Å². The van der Waals surface area contributed by atoms with Gasteiger partial charge in [0.2, 0.25) is 5.91 Å². The SMILES string of the molecule is CC(C)NC(=O)C(Cc1ccccc1)N(Cc1ccccc1F)C(=O)COc1ccc(Br)cc1. The number of benzene rings is 3. The minimum absolute atomic E-state index is 0.0573. The molecule has 0 aliphatic heterocycles. The van der Waals surface area contributed by atoms with Crippen LogP contribution in [0.25, 0.3) is 0 Å². The molecular weight excluding hydrogens is 499 g/mol. The maximum Gasteiger partial charge on any atom is 0.261 e. The molecule has 1 atom stereocenters. The number of amides is 2. The van der Waals surface area contributed by atoms with Crippen molar-refractivity contribution < 1.29 is 18.7 Å². The number of ether oxygens (including phenoxy) is 1. The molecule has 7 heteroatoms. The van der Waals surface area contributed by atoms with E-state index in [9.17, 15) is 14.0 Å². The second-order valence-corrected chi connectivity index (χ2v) is 9.14. The molecule has 1 N–H and O–H groups in total. The van der Waals surface area contributed by atoms with Crippen LogP contribution in [0.1, 0.15) is 25.0 Å². The summed E-state index contributed by atoms with van der Waals surface area (Å²) < 4.78 is 21.1. The van der Waals surface area contributed by atoms with E-state index in [1.165, 1.54) is 11.0 Å². The van der Waals surface area contributed by atoms with Crippen LogP contribution in [0, 0.1) is 5.82 Å². The van der Waals surface area contributed by atoms with Crippen LogP contribution in [0.5, 0.6) is 5.75 Å². The molecule has 2 amide bonds. The number of nitrogens with zero attached hydrogens (tertiary/aromatic N) is 1. The number of carbonyl (C=O) groups excluding carboxylic acids is 2. The van der Waals surface area contributed by atoms with Gasteiger partial charge in [0.1, 0.15) is 17.6 Å².